The van der Waals surface area contributed by atoms with Gasteiger partial charge in [0.1, 0.15) is 15.8 Å². The second-order valence-electron chi connectivity index (χ2n) is 8.29. The molecule has 0 bridgehead atoms. The molecular weight excluding hydrogens is 437 g/mol. The predicted molar refractivity (Wildman–Crippen MR) is 128 cm³/mol. The summed E-state index contributed by atoms with van der Waals surface area (Å²) in [5, 5.41) is 14.9. The predicted octanol–water partition coefficient (Wildman–Crippen LogP) is 4.79. The molecule has 5 rings (SSSR count). The van der Waals surface area contributed by atoms with E-state index in [1.165, 1.54) is 11.3 Å². The summed E-state index contributed by atoms with van der Waals surface area (Å²) >= 11 is 1.45. The monoisotopic (exact) mass is 461 g/mol. The molecule has 2 aromatic carbocycles. The van der Waals surface area contributed by atoms with E-state index in [1.807, 2.05) is 44.2 Å². The van der Waals surface area contributed by atoms with Crippen molar-refractivity contribution < 1.29 is 9.18 Å². The van der Waals surface area contributed by atoms with Gasteiger partial charge in [-0.3, -0.25) is 4.79 Å². The summed E-state index contributed by atoms with van der Waals surface area (Å²) in [5.74, 6) is 0.0218. The second-order valence-corrected chi connectivity index (χ2v) is 9.51. The van der Waals surface area contributed by atoms with Crippen LogP contribution in [0.5, 0.6) is 0 Å². The van der Waals surface area contributed by atoms with Gasteiger partial charge in [0.2, 0.25) is 0 Å². The number of amides is 1. The number of fused-ring (bicyclic) bond motifs is 1. The maximum Gasteiger partial charge on any atom is 0.251 e. The summed E-state index contributed by atoms with van der Waals surface area (Å²) in [7, 11) is 0. The van der Waals surface area contributed by atoms with Crippen LogP contribution in [0.15, 0.2) is 60.8 Å². The average Bonchev–Trinajstić information content (AvgIpc) is 3.26. The standard InChI is InChI=1S/C25H24FN5OS/c1-15-7-6-10-17-11-13-27-23(20(15)17)31-14-12-19(25-30-29-16(2)33-25)21(22(31)26)28-24(32)18-8-4-3-5-9-18/h3-11,13,19,21-22H,12,14H2,1-2H3,(H,28,32)/t19-,21-,22+/m1/s1. The van der Waals surface area contributed by atoms with E-state index in [1.54, 1.807) is 35.4 Å². The van der Waals surface area contributed by atoms with E-state index >= 15 is 4.39 Å². The number of carbonyl (C=O) groups excluding carboxylic acids is 1. The summed E-state index contributed by atoms with van der Waals surface area (Å²) in [5.41, 5.74) is 1.53. The minimum absolute atomic E-state index is 0.272. The molecule has 1 aliphatic heterocycles. The smallest absolute Gasteiger partial charge is 0.251 e. The molecule has 0 spiro atoms. The van der Waals surface area contributed by atoms with Crippen molar-refractivity contribution >= 4 is 33.8 Å². The van der Waals surface area contributed by atoms with E-state index in [9.17, 15) is 4.79 Å². The Balaban J connectivity index is 1.53. The Morgan fingerprint density at radius 2 is 1.91 bits per heavy atom. The normalized spacial score (nSPS) is 20.7. The van der Waals surface area contributed by atoms with Crippen molar-refractivity contribution in [3.05, 3.63) is 81.9 Å². The van der Waals surface area contributed by atoms with Crippen LogP contribution in [0, 0.1) is 13.8 Å². The summed E-state index contributed by atoms with van der Waals surface area (Å²) in [4.78, 5) is 19.2. The number of piperidine rings is 1. The van der Waals surface area contributed by atoms with Crippen molar-refractivity contribution in [1.29, 1.82) is 0 Å². The lowest BCUT2D eigenvalue weighted by atomic mass is 9.90. The molecule has 168 valence electrons. The zero-order valence-corrected chi connectivity index (χ0v) is 19.2. The third-order valence-corrected chi connectivity index (χ3v) is 7.12. The van der Waals surface area contributed by atoms with Gasteiger partial charge < -0.3 is 10.2 Å². The van der Waals surface area contributed by atoms with Gasteiger partial charge in [-0.2, -0.15) is 0 Å². The van der Waals surface area contributed by atoms with E-state index < -0.39 is 12.3 Å². The quantitative estimate of drug-likeness (QED) is 0.443. The highest BCUT2D eigenvalue weighted by molar-refractivity contribution is 7.11. The maximum absolute atomic E-state index is 16.3. The maximum atomic E-state index is 16.3. The molecule has 0 unspecified atom stereocenters. The highest BCUT2D eigenvalue weighted by Gasteiger charge is 2.42. The molecule has 2 aromatic heterocycles. The van der Waals surface area contributed by atoms with Crippen molar-refractivity contribution in [2.45, 2.75) is 38.5 Å². The van der Waals surface area contributed by atoms with Gasteiger partial charge in [0.15, 0.2) is 6.30 Å². The molecule has 1 saturated heterocycles. The van der Waals surface area contributed by atoms with E-state index in [2.05, 4.69) is 20.5 Å². The number of anilines is 1. The van der Waals surface area contributed by atoms with Gasteiger partial charge >= 0.3 is 0 Å². The number of halogens is 1. The van der Waals surface area contributed by atoms with Crippen LogP contribution in [0.3, 0.4) is 0 Å². The minimum Gasteiger partial charge on any atom is -0.344 e. The topological polar surface area (TPSA) is 71.0 Å². The number of rotatable bonds is 4. The van der Waals surface area contributed by atoms with Crippen molar-refractivity contribution in [1.82, 2.24) is 20.5 Å². The third-order valence-electron chi connectivity index (χ3n) is 6.15. The molecule has 1 aliphatic rings. The van der Waals surface area contributed by atoms with E-state index in [0.717, 1.165) is 26.4 Å². The Bertz CT molecular complexity index is 1290. The van der Waals surface area contributed by atoms with Gasteiger partial charge in [0.25, 0.3) is 5.91 Å². The molecule has 1 amide bonds. The first-order valence-electron chi connectivity index (χ1n) is 10.9. The first-order valence-corrected chi connectivity index (χ1v) is 11.8. The first-order chi connectivity index (χ1) is 16.0. The van der Waals surface area contributed by atoms with Crippen molar-refractivity contribution in [2.24, 2.45) is 0 Å². The highest BCUT2D eigenvalue weighted by Crippen LogP contribution is 2.38. The summed E-state index contributed by atoms with van der Waals surface area (Å²) < 4.78 is 16.3. The van der Waals surface area contributed by atoms with E-state index in [0.29, 0.717) is 24.3 Å². The fraction of sp³-hybridized carbons (Fsp3) is 0.280. The van der Waals surface area contributed by atoms with Crippen LogP contribution >= 0.6 is 11.3 Å². The van der Waals surface area contributed by atoms with Crippen LogP contribution in [-0.2, 0) is 0 Å². The minimum atomic E-state index is -1.47. The lowest BCUT2D eigenvalue weighted by molar-refractivity contribution is 0.0873. The number of hydrogen-bond donors (Lipinski definition) is 1. The van der Waals surface area contributed by atoms with Gasteiger partial charge in [-0.25, -0.2) is 9.37 Å². The molecule has 3 heterocycles. The largest absolute Gasteiger partial charge is 0.344 e. The molecule has 0 aliphatic carbocycles. The Kier molecular flexibility index (Phi) is 5.76. The number of pyridine rings is 1. The molecule has 33 heavy (non-hydrogen) atoms. The highest BCUT2D eigenvalue weighted by atomic mass is 32.1. The fourth-order valence-corrected chi connectivity index (χ4v) is 5.41. The second kappa shape index (κ2) is 8.86. The lowest BCUT2D eigenvalue weighted by Crippen LogP contribution is -2.57. The molecule has 4 aromatic rings. The molecule has 8 heteroatoms. The number of alkyl halides is 1. The Labute approximate surface area is 195 Å². The van der Waals surface area contributed by atoms with Crippen LogP contribution < -0.4 is 10.2 Å². The average molecular weight is 462 g/mol. The van der Waals surface area contributed by atoms with Gasteiger partial charge in [0, 0.05) is 29.6 Å². The number of aromatic nitrogens is 3. The van der Waals surface area contributed by atoms with E-state index in [-0.39, 0.29) is 11.8 Å². The molecule has 1 N–H and O–H groups in total. The number of aryl methyl sites for hydroxylation is 2. The fourth-order valence-electron chi connectivity index (χ4n) is 4.53. The molecule has 3 atom stereocenters. The number of carbonyl (C=O) groups is 1. The summed E-state index contributed by atoms with van der Waals surface area (Å²) in [6, 6.07) is 16.0. The Hall–Kier alpha value is -3.39. The number of nitrogens with zero attached hydrogens (tertiary/aromatic N) is 4. The van der Waals surface area contributed by atoms with Crippen LogP contribution in [0.25, 0.3) is 10.8 Å². The summed E-state index contributed by atoms with van der Waals surface area (Å²) in [6.07, 6.45) is 0.860. The molecule has 0 radical (unpaired) electrons. The number of nitrogens with one attached hydrogen (secondary N) is 1. The van der Waals surface area contributed by atoms with Crippen LogP contribution in [-0.4, -0.2) is 40.0 Å². The summed E-state index contributed by atoms with van der Waals surface area (Å²) in [6.45, 7) is 4.35. The Morgan fingerprint density at radius 3 is 2.67 bits per heavy atom. The molecule has 6 nitrogen and oxygen atoms in total. The van der Waals surface area contributed by atoms with Crippen molar-refractivity contribution in [2.75, 3.05) is 11.4 Å². The van der Waals surface area contributed by atoms with Gasteiger partial charge in [-0.1, -0.05) is 36.4 Å². The van der Waals surface area contributed by atoms with E-state index in [4.69, 9.17) is 0 Å². The van der Waals surface area contributed by atoms with Gasteiger partial charge in [-0.15, -0.1) is 21.5 Å². The van der Waals surface area contributed by atoms with Crippen LogP contribution in [0.4, 0.5) is 10.2 Å². The Morgan fingerprint density at radius 1 is 1.09 bits per heavy atom. The van der Waals surface area contributed by atoms with Crippen molar-refractivity contribution in [3.8, 4) is 0 Å². The molecule has 0 saturated carbocycles. The first kappa shape index (κ1) is 21.5. The van der Waals surface area contributed by atoms with Crippen LogP contribution in [0.1, 0.15) is 38.3 Å². The van der Waals surface area contributed by atoms with Crippen molar-refractivity contribution in [3.63, 3.8) is 0 Å². The lowest BCUT2D eigenvalue weighted by Gasteiger charge is -2.42. The third kappa shape index (κ3) is 4.06. The number of benzene rings is 2. The zero-order valence-electron chi connectivity index (χ0n) is 18.4. The molecule has 1 fully saturated rings. The van der Waals surface area contributed by atoms with Gasteiger partial charge in [-0.05, 0) is 49.4 Å². The van der Waals surface area contributed by atoms with Crippen LogP contribution in [0.2, 0.25) is 0 Å². The SMILES string of the molecule is Cc1nnc([C@@H]2CCN(c3nccc4cccc(C)c34)[C@H](F)[C@@H]2NC(=O)c2ccccc2)s1. The molecular formula is C25H24FN5OS. The van der Waals surface area contributed by atoms with Gasteiger partial charge in [0.05, 0.1) is 6.04 Å². The zero-order chi connectivity index (χ0) is 22.9. The number of hydrogen-bond acceptors (Lipinski definition) is 6.